The molecule has 11 heteroatoms. The largest absolute Gasteiger partial charge is 0.444 e. The zero-order valence-electron chi connectivity index (χ0n) is 23.3. The van der Waals surface area contributed by atoms with Crippen LogP contribution in [0.25, 0.3) is 0 Å². The Labute approximate surface area is 235 Å². The standard InChI is InChI=1S/C26H44IN5O5/c1-19-22(27)23(28-32(19)20-7-9-30(10-8-20)24(33)37-25(2,3)4)31-12-11-29(17-26(31,5)18-34-6)15-21-16-35-13-14-36-21/h20-21H,7-18H2,1-6H3/t21-,26-/m1/s1. The molecule has 10 nitrogen and oxygen atoms in total. The van der Waals surface area contributed by atoms with E-state index < -0.39 is 5.60 Å². The van der Waals surface area contributed by atoms with Crippen LogP contribution in [-0.4, -0.2) is 116 Å². The van der Waals surface area contributed by atoms with E-state index in [0.29, 0.717) is 39.5 Å². The molecule has 0 saturated carbocycles. The molecule has 0 bridgehead atoms. The summed E-state index contributed by atoms with van der Waals surface area (Å²) in [5.74, 6) is 1.03. The van der Waals surface area contributed by atoms with Gasteiger partial charge in [-0.15, -0.1) is 0 Å². The molecule has 3 aliphatic heterocycles. The maximum Gasteiger partial charge on any atom is 0.410 e. The average Bonchev–Trinajstić information content (AvgIpc) is 3.13. The van der Waals surface area contributed by atoms with Crippen LogP contribution in [0.1, 0.15) is 52.3 Å². The molecule has 3 saturated heterocycles. The van der Waals surface area contributed by atoms with Crippen LogP contribution < -0.4 is 4.90 Å². The third kappa shape index (κ3) is 6.90. The smallest absolute Gasteiger partial charge is 0.410 e. The van der Waals surface area contributed by atoms with Crippen molar-refractivity contribution >= 4 is 34.5 Å². The average molecular weight is 634 g/mol. The number of nitrogens with zero attached hydrogens (tertiary/aromatic N) is 5. The number of methoxy groups -OCH3 is 1. The van der Waals surface area contributed by atoms with Crippen LogP contribution in [0, 0.1) is 10.5 Å². The highest BCUT2D eigenvalue weighted by molar-refractivity contribution is 14.1. The van der Waals surface area contributed by atoms with Crippen LogP contribution in [-0.2, 0) is 18.9 Å². The molecule has 3 fully saturated rings. The summed E-state index contributed by atoms with van der Waals surface area (Å²) in [5, 5.41) is 5.19. The molecule has 3 aliphatic rings. The van der Waals surface area contributed by atoms with Gasteiger partial charge in [0.05, 0.1) is 53.4 Å². The van der Waals surface area contributed by atoms with E-state index >= 15 is 0 Å². The predicted octanol–water partition coefficient (Wildman–Crippen LogP) is 3.31. The Hall–Kier alpha value is -1.15. The van der Waals surface area contributed by atoms with Gasteiger partial charge in [0.1, 0.15) is 5.60 Å². The van der Waals surface area contributed by atoms with Gasteiger partial charge in [0.15, 0.2) is 5.82 Å². The van der Waals surface area contributed by atoms with Crippen molar-refractivity contribution in [2.75, 3.05) is 77.7 Å². The molecule has 4 rings (SSSR count). The minimum Gasteiger partial charge on any atom is -0.444 e. The molecule has 0 aliphatic carbocycles. The molecule has 0 N–H and O–H groups in total. The molecule has 1 amide bonds. The number of carbonyl (C=O) groups excluding carboxylic acids is 1. The highest BCUT2D eigenvalue weighted by Gasteiger charge is 2.41. The normalized spacial score (nSPS) is 26.5. The Balaban J connectivity index is 1.45. The van der Waals surface area contributed by atoms with Crippen molar-refractivity contribution in [3.05, 3.63) is 9.26 Å². The van der Waals surface area contributed by atoms with Crippen molar-refractivity contribution in [2.45, 2.75) is 70.7 Å². The summed E-state index contributed by atoms with van der Waals surface area (Å²) in [6, 6.07) is 0.263. The molecule has 0 unspecified atom stereocenters. The highest BCUT2D eigenvalue weighted by Crippen LogP contribution is 2.35. The van der Waals surface area contributed by atoms with Gasteiger partial charge in [0.2, 0.25) is 0 Å². The van der Waals surface area contributed by atoms with E-state index in [-0.39, 0.29) is 23.8 Å². The number of aromatic nitrogens is 2. The van der Waals surface area contributed by atoms with E-state index in [4.69, 9.17) is 24.0 Å². The molecule has 0 spiro atoms. The second kappa shape index (κ2) is 11.9. The van der Waals surface area contributed by atoms with Crippen LogP contribution >= 0.6 is 22.6 Å². The Bertz CT molecular complexity index is 923. The number of amides is 1. The molecular formula is C26H44IN5O5. The Kier molecular flexibility index (Phi) is 9.30. The number of piperazine rings is 1. The van der Waals surface area contributed by atoms with Crippen LogP contribution in [0.5, 0.6) is 0 Å². The quantitative estimate of drug-likeness (QED) is 0.442. The summed E-state index contributed by atoms with van der Waals surface area (Å²) in [4.78, 5) is 19.2. The lowest BCUT2D eigenvalue weighted by Gasteiger charge is -2.49. The lowest BCUT2D eigenvalue weighted by Crippen LogP contribution is -2.64. The molecule has 4 heterocycles. The summed E-state index contributed by atoms with van der Waals surface area (Å²) in [7, 11) is 1.77. The zero-order valence-corrected chi connectivity index (χ0v) is 25.5. The summed E-state index contributed by atoms with van der Waals surface area (Å²) in [5.41, 5.74) is 0.489. The van der Waals surface area contributed by atoms with E-state index in [1.807, 2.05) is 25.7 Å². The van der Waals surface area contributed by atoms with Gasteiger partial charge in [-0.25, -0.2) is 4.79 Å². The first-order chi connectivity index (χ1) is 17.5. The molecule has 2 atom stereocenters. The van der Waals surface area contributed by atoms with Gasteiger partial charge in [-0.05, 0) is 70.1 Å². The second-order valence-corrected chi connectivity index (χ2v) is 12.8. The lowest BCUT2D eigenvalue weighted by molar-refractivity contribution is -0.100. The number of piperidine rings is 1. The fraction of sp³-hybridized carbons (Fsp3) is 0.846. The van der Waals surface area contributed by atoms with Crippen molar-refractivity contribution in [2.24, 2.45) is 0 Å². The third-order valence-electron chi connectivity index (χ3n) is 7.44. The van der Waals surface area contributed by atoms with Gasteiger partial charge in [-0.3, -0.25) is 9.58 Å². The number of hydrogen-bond donors (Lipinski definition) is 0. The van der Waals surface area contributed by atoms with E-state index in [2.05, 4.69) is 50.9 Å². The minimum absolute atomic E-state index is 0.125. The van der Waals surface area contributed by atoms with Crippen molar-refractivity contribution in [3.63, 3.8) is 0 Å². The molecular weight excluding hydrogens is 589 g/mol. The number of rotatable bonds is 6. The van der Waals surface area contributed by atoms with Crippen molar-refractivity contribution in [1.82, 2.24) is 19.6 Å². The van der Waals surface area contributed by atoms with Crippen LogP contribution in [0.15, 0.2) is 0 Å². The number of ether oxygens (including phenoxy) is 4. The maximum atomic E-state index is 12.5. The van der Waals surface area contributed by atoms with Gasteiger partial charge in [-0.2, -0.15) is 5.10 Å². The van der Waals surface area contributed by atoms with E-state index in [1.165, 1.54) is 9.26 Å². The topological polar surface area (TPSA) is 81.5 Å². The van der Waals surface area contributed by atoms with Crippen molar-refractivity contribution < 1.29 is 23.7 Å². The van der Waals surface area contributed by atoms with E-state index in [9.17, 15) is 4.79 Å². The predicted molar refractivity (Wildman–Crippen MR) is 150 cm³/mol. The first-order valence-electron chi connectivity index (χ1n) is 13.4. The molecule has 0 radical (unpaired) electrons. The molecule has 1 aromatic rings. The molecule has 210 valence electrons. The summed E-state index contributed by atoms with van der Waals surface area (Å²) in [6.45, 7) is 17.7. The Morgan fingerprint density at radius 1 is 1.19 bits per heavy atom. The summed E-state index contributed by atoms with van der Waals surface area (Å²) < 4.78 is 26.2. The van der Waals surface area contributed by atoms with Gasteiger partial charge >= 0.3 is 6.09 Å². The second-order valence-electron chi connectivity index (χ2n) is 11.8. The van der Waals surface area contributed by atoms with Gasteiger partial charge in [0, 0.05) is 46.4 Å². The fourth-order valence-corrected chi connectivity index (χ4v) is 6.32. The first-order valence-corrected chi connectivity index (χ1v) is 14.5. The first kappa shape index (κ1) is 28.8. The molecule has 37 heavy (non-hydrogen) atoms. The molecule has 1 aromatic heterocycles. The zero-order chi connectivity index (χ0) is 26.8. The van der Waals surface area contributed by atoms with Crippen LogP contribution in [0.2, 0.25) is 0 Å². The maximum absolute atomic E-state index is 12.5. The van der Waals surface area contributed by atoms with Crippen molar-refractivity contribution in [3.8, 4) is 0 Å². The Morgan fingerprint density at radius 2 is 1.92 bits per heavy atom. The fourth-order valence-electron chi connectivity index (χ4n) is 5.67. The Morgan fingerprint density at radius 3 is 2.54 bits per heavy atom. The highest BCUT2D eigenvalue weighted by atomic mass is 127. The van der Waals surface area contributed by atoms with Crippen LogP contribution in [0.4, 0.5) is 10.6 Å². The van der Waals surface area contributed by atoms with Gasteiger partial charge in [-0.1, -0.05) is 0 Å². The van der Waals surface area contributed by atoms with E-state index in [1.54, 1.807) is 7.11 Å². The SMILES string of the molecule is COC[C@@]1(C)CN(C[C@@H]2COCCO2)CCN1c1nn(C2CCN(C(=O)OC(C)(C)C)CC2)c(C)c1I. The molecule has 0 aromatic carbocycles. The van der Waals surface area contributed by atoms with Gasteiger partial charge in [0.25, 0.3) is 0 Å². The number of anilines is 1. The lowest BCUT2D eigenvalue weighted by atomic mass is 9.96. The number of halogens is 1. The summed E-state index contributed by atoms with van der Waals surface area (Å²) in [6.07, 6.45) is 1.63. The number of likely N-dealkylation sites (tertiary alicyclic amines) is 1. The number of hydrogen-bond acceptors (Lipinski definition) is 8. The minimum atomic E-state index is -0.479. The van der Waals surface area contributed by atoms with Crippen molar-refractivity contribution in [1.29, 1.82) is 0 Å². The number of carbonyl (C=O) groups is 1. The monoisotopic (exact) mass is 633 g/mol. The summed E-state index contributed by atoms with van der Waals surface area (Å²) >= 11 is 2.45. The van der Waals surface area contributed by atoms with E-state index in [0.717, 1.165) is 44.8 Å². The van der Waals surface area contributed by atoms with Crippen LogP contribution in [0.3, 0.4) is 0 Å². The van der Waals surface area contributed by atoms with Gasteiger partial charge < -0.3 is 28.7 Å². The third-order valence-corrected chi connectivity index (χ3v) is 8.70.